The number of quaternary nitrogens is 1. The molecule has 5 rings (SSSR count). The Kier molecular flexibility index (Phi) is 7.11. The number of nitrogens with one attached hydrogen (secondary N) is 1. The Morgan fingerprint density at radius 3 is 2.40 bits per heavy atom. The molecule has 186 valence electrons. The number of nitrogens with zero attached hydrogens (tertiary/aromatic N) is 1. The van der Waals surface area contributed by atoms with Crippen LogP contribution in [0.5, 0.6) is 0 Å². The lowest BCUT2D eigenvalue weighted by Crippen LogP contribution is -2.88. The second-order valence-electron chi connectivity index (χ2n) is 8.93. The molecule has 3 atom stereocenters. The zero-order valence-corrected chi connectivity index (χ0v) is 18.9. The van der Waals surface area contributed by atoms with E-state index in [2.05, 4.69) is 41.0 Å². The third kappa shape index (κ3) is 5.32. The summed E-state index contributed by atoms with van der Waals surface area (Å²) in [4.78, 5) is 36.5. The van der Waals surface area contributed by atoms with Crippen LogP contribution in [0.3, 0.4) is 0 Å². The molecule has 3 N–H and O–H groups in total. The number of piperidine rings is 1. The fourth-order valence-corrected chi connectivity index (χ4v) is 5.14. The molecule has 0 aliphatic carbocycles. The van der Waals surface area contributed by atoms with Crippen LogP contribution in [-0.4, -0.2) is 48.5 Å². The van der Waals surface area contributed by atoms with Gasteiger partial charge in [-0.3, -0.25) is 9.59 Å². The van der Waals surface area contributed by atoms with Crippen LogP contribution in [0.25, 0.3) is 0 Å². The molecule has 3 aliphatic rings. The second-order valence-corrected chi connectivity index (χ2v) is 8.93. The highest BCUT2D eigenvalue weighted by Gasteiger charge is 2.40. The topological polar surface area (TPSA) is 106 Å². The van der Waals surface area contributed by atoms with Crippen LogP contribution in [0.1, 0.15) is 52.0 Å². The average Bonchev–Trinajstić information content (AvgIpc) is 2.86. The van der Waals surface area contributed by atoms with Gasteiger partial charge in [0.2, 0.25) is 5.91 Å². The van der Waals surface area contributed by atoms with Gasteiger partial charge >= 0.3 is 6.18 Å². The standard InChI is InChI=1S/C23H25N3O2.C2HF3O2/c27-22-18-8-4-7-16-11-12-26(20(14-25-22)21(16)18)23(28)17-9-10-19(24-13-17)15-5-2-1-3-6-15;3-2(4,5)1(6)7/h1-8,17,19-20,24H,9-14H2,(H,25,27);(H,6,7). The number of carbonyl (C=O) groups excluding carboxylic acids is 3. The molecule has 0 aromatic heterocycles. The molecule has 35 heavy (non-hydrogen) atoms. The number of carboxylic acid groups (broad SMARTS) is 1. The van der Waals surface area contributed by atoms with Crippen molar-refractivity contribution in [2.75, 3.05) is 19.6 Å². The van der Waals surface area contributed by atoms with Crippen molar-refractivity contribution in [3.63, 3.8) is 0 Å². The zero-order chi connectivity index (χ0) is 25.2. The molecule has 0 spiro atoms. The maximum atomic E-state index is 13.4. The molecule has 2 aromatic carbocycles. The summed E-state index contributed by atoms with van der Waals surface area (Å²) >= 11 is 0. The molecule has 3 heterocycles. The predicted octanol–water partition coefficient (Wildman–Crippen LogP) is 0.869. The van der Waals surface area contributed by atoms with E-state index in [4.69, 9.17) is 9.90 Å². The number of rotatable bonds is 2. The van der Waals surface area contributed by atoms with Gasteiger partial charge in [0, 0.05) is 30.6 Å². The third-order valence-electron chi connectivity index (χ3n) is 6.85. The van der Waals surface area contributed by atoms with Gasteiger partial charge in [0.25, 0.3) is 5.91 Å². The van der Waals surface area contributed by atoms with Crippen LogP contribution in [0, 0.1) is 5.92 Å². The van der Waals surface area contributed by atoms with E-state index < -0.39 is 12.1 Å². The number of halogens is 3. The Balaban J connectivity index is 0.000000364. The number of alkyl halides is 3. The van der Waals surface area contributed by atoms with Gasteiger partial charge in [0.05, 0.1) is 18.5 Å². The minimum atomic E-state index is -5.19. The highest BCUT2D eigenvalue weighted by Crippen LogP contribution is 2.36. The number of nitrogens with two attached hydrogens (primary N) is 1. The summed E-state index contributed by atoms with van der Waals surface area (Å²) in [5.41, 5.74) is 4.39. The number of hydrogen-bond donors (Lipinski definition) is 2. The number of carboxylic acids is 1. The molecular weight excluding hydrogens is 463 g/mol. The fourth-order valence-electron chi connectivity index (χ4n) is 5.14. The molecular formula is C25H26F3N3O4. The highest BCUT2D eigenvalue weighted by molar-refractivity contribution is 5.98. The van der Waals surface area contributed by atoms with Crippen LogP contribution in [0.2, 0.25) is 0 Å². The van der Waals surface area contributed by atoms with Crippen LogP contribution in [0.15, 0.2) is 48.5 Å². The van der Waals surface area contributed by atoms with E-state index in [-0.39, 0.29) is 23.8 Å². The molecule has 1 fully saturated rings. The summed E-state index contributed by atoms with van der Waals surface area (Å²) in [6.45, 7) is 2.11. The van der Waals surface area contributed by atoms with E-state index in [1.807, 2.05) is 23.1 Å². The Labute approximate surface area is 200 Å². The maximum absolute atomic E-state index is 13.4. The van der Waals surface area contributed by atoms with Crippen molar-refractivity contribution in [1.82, 2.24) is 10.2 Å². The van der Waals surface area contributed by atoms with Gasteiger partial charge in [0.1, 0.15) is 12.0 Å². The van der Waals surface area contributed by atoms with Crippen LogP contribution in [-0.2, 0) is 16.0 Å². The predicted molar refractivity (Wildman–Crippen MR) is 117 cm³/mol. The molecule has 3 aliphatic heterocycles. The SMILES string of the molecule is O=C([O-])C(F)(F)F.O=C1NCC2c3c(cccc31)CCN2C(=O)C1CCC(c2ccccc2)[NH2+]C1. The van der Waals surface area contributed by atoms with Gasteiger partial charge in [-0.05, 0) is 30.0 Å². The molecule has 0 bridgehead atoms. The van der Waals surface area contributed by atoms with Crippen molar-refractivity contribution in [2.24, 2.45) is 5.92 Å². The van der Waals surface area contributed by atoms with Crippen molar-refractivity contribution in [1.29, 1.82) is 0 Å². The Morgan fingerprint density at radius 2 is 1.77 bits per heavy atom. The molecule has 10 heteroatoms. The number of aliphatic carboxylic acids is 1. The Bertz CT molecular complexity index is 1100. The Morgan fingerprint density at radius 1 is 1.06 bits per heavy atom. The molecule has 1 saturated heterocycles. The Hall–Kier alpha value is -3.40. The summed E-state index contributed by atoms with van der Waals surface area (Å²) in [6, 6.07) is 16.9. The lowest BCUT2D eigenvalue weighted by Gasteiger charge is -2.42. The minimum Gasteiger partial charge on any atom is -0.542 e. The first-order valence-electron chi connectivity index (χ1n) is 11.5. The summed E-state index contributed by atoms with van der Waals surface area (Å²) in [7, 11) is 0. The van der Waals surface area contributed by atoms with Crippen molar-refractivity contribution >= 4 is 17.8 Å². The van der Waals surface area contributed by atoms with Crippen molar-refractivity contribution in [3.8, 4) is 0 Å². The lowest BCUT2D eigenvalue weighted by molar-refractivity contribution is -0.708. The van der Waals surface area contributed by atoms with E-state index in [0.29, 0.717) is 12.6 Å². The second kappa shape index (κ2) is 10.1. The van der Waals surface area contributed by atoms with E-state index in [9.17, 15) is 22.8 Å². The van der Waals surface area contributed by atoms with Gasteiger partial charge in [-0.25, -0.2) is 0 Å². The summed E-state index contributed by atoms with van der Waals surface area (Å²) in [5.74, 6) is -2.71. The molecule has 3 unspecified atom stereocenters. The lowest BCUT2D eigenvalue weighted by atomic mass is 9.84. The van der Waals surface area contributed by atoms with Crippen molar-refractivity contribution in [3.05, 3.63) is 70.8 Å². The molecule has 2 aromatic rings. The monoisotopic (exact) mass is 489 g/mol. The van der Waals surface area contributed by atoms with Gasteiger partial charge < -0.3 is 25.4 Å². The third-order valence-corrected chi connectivity index (χ3v) is 6.85. The normalized spacial score (nSPS) is 23.3. The van der Waals surface area contributed by atoms with E-state index >= 15 is 0 Å². The summed E-state index contributed by atoms with van der Waals surface area (Å²) in [5, 5.41) is 14.1. The number of hydrogen-bond acceptors (Lipinski definition) is 4. The molecule has 0 saturated carbocycles. The van der Waals surface area contributed by atoms with Gasteiger partial charge in [0.15, 0.2) is 0 Å². The molecule has 7 nitrogen and oxygen atoms in total. The zero-order valence-electron chi connectivity index (χ0n) is 18.9. The summed E-state index contributed by atoms with van der Waals surface area (Å²) < 4.78 is 31.5. The minimum absolute atomic E-state index is 0.0147. The van der Waals surface area contributed by atoms with Crippen molar-refractivity contribution < 1.29 is 38.0 Å². The number of carbonyl (C=O) groups is 3. The van der Waals surface area contributed by atoms with Gasteiger partial charge in [-0.1, -0.05) is 42.5 Å². The first-order chi connectivity index (χ1) is 16.7. The quantitative estimate of drug-likeness (QED) is 0.653. The van der Waals surface area contributed by atoms with Gasteiger partial charge in [-0.2, -0.15) is 13.2 Å². The average molecular weight is 489 g/mol. The smallest absolute Gasteiger partial charge is 0.430 e. The van der Waals surface area contributed by atoms with E-state index in [1.165, 1.54) is 11.1 Å². The maximum Gasteiger partial charge on any atom is 0.430 e. The number of benzene rings is 2. The first kappa shape index (κ1) is 24.7. The summed E-state index contributed by atoms with van der Waals surface area (Å²) in [6.07, 6.45) is -2.40. The van der Waals surface area contributed by atoms with E-state index in [1.54, 1.807) is 0 Å². The first-order valence-corrected chi connectivity index (χ1v) is 11.5. The van der Waals surface area contributed by atoms with E-state index in [0.717, 1.165) is 43.5 Å². The van der Waals surface area contributed by atoms with Crippen molar-refractivity contribution in [2.45, 2.75) is 37.5 Å². The largest absolute Gasteiger partial charge is 0.542 e. The van der Waals surface area contributed by atoms with Crippen LogP contribution >= 0.6 is 0 Å². The highest BCUT2D eigenvalue weighted by atomic mass is 19.4. The van der Waals surface area contributed by atoms with Gasteiger partial charge in [-0.15, -0.1) is 0 Å². The molecule has 2 amide bonds. The van der Waals surface area contributed by atoms with Crippen LogP contribution < -0.4 is 15.7 Å². The van der Waals surface area contributed by atoms with Crippen LogP contribution in [0.4, 0.5) is 13.2 Å². The fraction of sp³-hybridized carbons (Fsp3) is 0.400. The number of amides is 2. The molecule has 0 radical (unpaired) electrons.